The van der Waals surface area contributed by atoms with Gasteiger partial charge in [-0.3, -0.25) is 10.3 Å². The Bertz CT molecular complexity index is 113. The molecule has 0 saturated heterocycles. The van der Waals surface area contributed by atoms with Crippen molar-refractivity contribution >= 4 is 0 Å². The summed E-state index contributed by atoms with van der Waals surface area (Å²) in [5.74, 6) is 0. The molecule has 0 radical (unpaired) electrons. The summed E-state index contributed by atoms with van der Waals surface area (Å²) in [5, 5.41) is 8.94. The van der Waals surface area contributed by atoms with Gasteiger partial charge in [0.15, 0.2) is 0 Å². The van der Waals surface area contributed by atoms with Crippen LogP contribution in [0.4, 0.5) is 0 Å². The van der Waals surface area contributed by atoms with E-state index >= 15 is 0 Å². The lowest BCUT2D eigenvalue weighted by Crippen LogP contribution is -2.27. The predicted molar refractivity (Wildman–Crippen MR) is 51.5 cm³/mol. The van der Waals surface area contributed by atoms with Gasteiger partial charge in [0.05, 0.1) is 0 Å². The number of aliphatic hydroxyl groups is 1. The molecule has 1 heterocycles. The number of rotatable bonds is 0. The highest BCUT2D eigenvalue weighted by Gasteiger charge is 2.09. The second-order valence-electron chi connectivity index (χ2n) is 1.83. The van der Waals surface area contributed by atoms with Gasteiger partial charge in [0.1, 0.15) is 12.7 Å². The van der Waals surface area contributed by atoms with E-state index in [1.165, 1.54) is 0 Å². The molecule has 74 valence electrons. The standard InChI is InChI=1S/C5H9NO2.2C2H6/c1-4-2-6-8-3-5(4)7;2*1-2/h2,5-7H,3H2,1H3;2*1-2H3. The fourth-order valence-corrected chi connectivity index (χ4v) is 0.489. The minimum atomic E-state index is -0.420. The summed E-state index contributed by atoms with van der Waals surface area (Å²) in [5.41, 5.74) is 3.46. The molecule has 1 aliphatic heterocycles. The molecule has 0 saturated carbocycles. The number of hydrogen-bond donors (Lipinski definition) is 2. The van der Waals surface area contributed by atoms with E-state index < -0.39 is 6.10 Å². The summed E-state index contributed by atoms with van der Waals surface area (Å²) in [6, 6.07) is 0. The van der Waals surface area contributed by atoms with Crippen molar-refractivity contribution in [1.29, 1.82) is 0 Å². The van der Waals surface area contributed by atoms with Crippen LogP contribution in [0.1, 0.15) is 34.6 Å². The minimum absolute atomic E-state index is 0.350. The molecule has 12 heavy (non-hydrogen) atoms. The molecule has 0 aliphatic carbocycles. The zero-order valence-corrected chi connectivity index (χ0v) is 8.72. The van der Waals surface area contributed by atoms with Crippen LogP contribution in [0.15, 0.2) is 11.8 Å². The van der Waals surface area contributed by atoms with Crippen molar-refractivity contribution < 1.29 is 9.94 Å². The van der Waals surface area contributed by atoms with E-state index in [9.17, 15) is 0 Å². The van der Waals surface area contributed by atoms with Crippen LogP contribution in [0.3, 0.4) is 0 Å². The lowest BCUT2D eigenvalue weighted by Gasteiger charge is -2.16. The van der Waals surface area contributed by atoms with E-state index in [1.54, 1.807) is 6.20 Å². The maximum Gasteiger partial charge on any atom is 0.104 e. The first-order valence-electron chi connectivity index (χ1n) is 4.53. The Morgan fingerprint density at radius 3 is 2.17 bits per heavy atom. The van der Waals surface area contributed by atoms with Gasteiger partial charge < -0.3 is 5.11 Å². The maximum atomic E-state index is 8.94. The third kappa shape index (κ3) is 6.19. The van der Waals surface area contributed by atoms with E-state index in [4.69, 9.17) is 5.11 Å². The summed E-state index contributed by atoms with van der Waals surface area (Å²) in [6.07, 6.45) is 1.23. The molecule has 0 bridgehead atoms. The van der Waals surface area contributed by atoms with Crippen LogP contribution in [-0.2, 0) is 4.84 Å². The first-order valence-corrected chi connectivity index (χ1v) is 4.53. The average Bonchev–Trinajstić information content (AvgIpc) is 2.17. The molecule has 1 unspecified atom stereocenters. The molecule has 1 atom stereocenters. The molecule has 0 amide bonds. The first-order chi connectivity index (χ1) is 5.80. The first kappa shape index (κ1) is 14.0. The Kier molecular flexibility index (Phi) is 12.2. The van der Waals surface area contributed by atoms with Crippen LogP contribution >= 0.6 is 0 Å². The van der Waals surface area contributed by atoms with Gasteiger partial charge >= 0.3 is 0 Å². The molecule has 1 rings (SSSR count). The average molecular weight is 175 g/mol. The van der Waals surface area contributed by atoms with E-state index in [2.05, 4.69) is 10.3 Å². The van der Waals surface area contributed by atoms with Gasteiger partial charge in [0.25, 0.3) is 0 Å². The Hall–Kier alpha value is -0.540. The second kappa shape index (κ2) is 10.5. The molecule has 1 aliphatic rings. The summed E-state index contributed by atoms with van der Waals surface area (Å²) < 4.78 is 0. The molecule has 0 aromatic heterocycles. The van der Waals surface area contributed by atoms with Crippen LogP contribution in [0.2, 0.25) is 0 Å². The molecule has 2 N–H and O–H groups in total. The third-order valence-electron chi connectivity index (χ3n) is 1.14. The molecule has 3 heteroatoms. The molecule has 0 aromatic rings. The van der Waals surface area contributed by atoms with Gasteiger partial charge in [-0.25, -0.2) is 0 Å². The normalized spacial score (nSPS) is 20.2. The van der Waals surface area contributed by atoms with Crippen LogP contribution in [0, 0.1) is 0 Å². The molecule has 3 nitrogen and oxygen atoms in total. The van der Waals surface area contributed by atoms with Crippen molar-refractivity contribution in [3.8, 4) is 0 Å². The number of aliphatic hydroxyl groups excluding tert-OH is 1. The zero-order chi connectivity index (χ0) is 9.98. The lowest BCUT2D eigenvalue weighted by molar-refractivity contribution is -0.00258. The Morgan fingerprint density at radius 1 is 1.42 bits per heavy atom. The van der Waals surface area contributed by atoms with Gasteiger partial charge in [0, 0.05) is 6.20 Å². The van der Waals surface area contributed by atoms with Crippen LogP contribution < -0.4 is 5.48 Å². The SMILES string of the molecule is CC.CC.CC1=CNOCC1O. The van der Waals surface area contributed by atoms with Crippen LogP contribution in [-0.4, -0.2) is 17.8 Å². The Balaban J connectivity index is 0. The number of hydrogen-bond acceptors (Lipinski definition) is 3. The Morgan fingerprint density at radius 2 is 1.92 bits per heavy atom. The number of hydroxylamine groups is 1. The third-order valence-corrected chi connectivity index (χ3v) is 1.14. The molecular formula is C9H21NO2. The summed E-state index contributed by atoms with van der Waals surface area (Å²) in [7, 11) is 0. The smallest absolute Gasteiger partial charge is 0.104 e. The minimum Gasteiger partial charge on any atom is -0.386 e. The van der Waals surface area contributed by atoms with Crippen LogP contribution in [0.25, 0.3) is 0 Å². The highest BCUT2D eigenvalue weighted by Crippen LogP contribution is 2.02. The molecule has 0 spiro atoms. The second-order valence-corrected chi connectivity index (χ2v) is 1.83. The summed E-state index contributed by atoms with van der Waals surface area (Å²) in [6.45, 7) is 10.2. The van der Waals surface area contributed by atoms with Gasteiger partial charge in [0.2, 0.25) is 0 Å². The van der Waals surface area contributed by atoms with Crippen molar-refractivity contribution in [2.45, 2.75) is 40.7 Å². The quantitative estimate of drug-likeness (QED) is 0.590. The van der Waals surface area contributed by atoms with Gasteiger partial charge in [-0.1, -0.05) is 27.7 Å². The Labute approximate surface area is 75.4 Å². The summed E-state index contributed by atoms with van der Waals surface area (Å²) in [4.78, 5) is 4.68. The number of nitrogens with one attached hydrogen (secondary N) is 1. The maximum absolute atomic E-state index is 8.94. The zero-order valence-electron chi connectivity index (χ0n) is 8.72. The van der Waals surface area contributed by atoms with Crippen LogP contribution in [0.5, 0.6) is 0 Å². The fourth-order valence-electron chi connectivity index (χ4n) is 0.489. The van der Waals surface area contributed by atoms with Crippen molar-refractivity contribution in [3.63, 3.8) is 0 Å². The van der Waals surface area contributed by atoms with Gasteiger partial charge in [-0.15, -0.1) is 0 Å². The van der Waals surface area contributed by atoms with Gasteiger partial charge in [-0.2, -0.15) is 0 Å². The topological polar surface area (TPSA) is 41.5 Å². The van der Waals surface area contributed by atoms with E-state index in [-0.39, 0.29) is 0 Å². The van der Waals surface area contributed by atoms with Crippen molar-refractivity contribution in [3.05, 3.63) is 11.8 Å². The molecule has 0 aromatic carbocycles. The van der Waals surface area contributed by atoms with E-state index in [0.29, 0.717) is 6.61 Å². The lowest BCUT2D eigenvalue weighted by atomic mass is 10.2. The highest BCUT2D eigenvalue weighted by atomic mass is 16.6. The molecule has 0 fully saturated rings. The largest absolute Gasteiger partial charge is 0.386 e. The fraction of sp³-hybridized carbons (Fsp3) is 0.778. The molecular weight excluding hydrogens is 154 g/mol. The highest BCUT2D eigenvalue weighted by molar-refractivity contribution is 5.03. The van der Waals surface area contributed by atoms with Crippen molar-refractivity contribution in [2.75, 3.05) is 6.61 Å². The van der Waals surface area contributed by atoms with Crippen molar-refractivity contribution in [2.24, 2.45) is 0 Å². The van der Waals surface area contributed by atoms with Crippen molar-refractivity contribution in [1.82, 2.24) is 5.48 Å². The summed E-state index contributed by atoms with van der Waals surface area (Å²) >= 11 is 0. The van der Waals surface area contributed by atoms with Gasteiger partial charge in [-0.05, 0) is 12.5 Å². The van der Waals surface area contributed by atoms with E-state index in [0.717, 1.165) is 5.57 Å². The monoisotopic (exact) mass is 175 g/mol. The van der Waals surface area contributed by atoms with E-state index in [1.807, 2.05) is 34.6 Å². The predicted octanol–water partition coefficient (Wildman–Crippen LogP) is 1.84.